The molecular weight excluding hydrogens is 244 g/mol. The first-order valence-electron chi connectivity index (χ1n) is 8.05. The van der Waals surface area contributed by atoms with Gasteiger partial charge in [-0.3, -0.25) is 0 Å². The number of hydrogen-bond donors (Lipinski definition) is 0. The van der Waals surface area contributed by atoms with Crippen LogP contribution >= 0.6 is 0 Å². The van der Waals surface area contributed by atoms with Gasteiger partial charge in [-0.1, -0.05) is 37.3 Å². The molecule has 0 radical (unpaired) electrons. The van der Waals surface area contributed by atoms with Gasteiger partial charge in [-0.05, 0) is 67.9 Å². The quantitative estimate of drug-likeness (QED) is 0.681. The largest absolute Gasteiger partial charge is 0.494 e. The van der Waals surface area contributed by atoms with Crippen LogP contribution in [0.15, 0.2) is 42.5 Å². The van der Waals surface area contributed by atoms with Crippen molar-refractivity contribution in [2.45, 2.75) is 45.4 Å². The standard InChI is InChI=1S/C19H26O/c1-15-7-6-13-19(2)16(10-11-18(15)19)12-14-20-17-8-4-3-5-9-17/h3-5,8-9,16,18H,1,6-7,10-14H2,2H3/t16?,18?,19-/m1/s1. The summed E-state index contributed by atoms with van der Waals surface area (Å²) in [5.41, 5.74) is 2.01. The summed E-state index contributed by atoms with van der Waals surface area (Å²) in [5, 5.41) is 0. The van der Waals surface area contributed by atoms with Crippen LogP contribution in [0, 0.1) is 17.3 Å². The Morgan fingerprint density at radius 3 is 2.85 bits per heavy atom. The molecule has 1 aromatic rings. The molecular formula is C19H26O. The van der Waals surface area contributed by atoms with Gasteiger partial charge in [-0.15, -0.1) is 0 Å². The Hall–Kier alpha value is -1.24. The van der Waals surface area contributed by atoms with E-state index in [0.29, 0.717) is 5.41 Å². The minimum absolute atomic E-state index is 0.495. The Morgan fingerprint density at radius 1 is 1.25 bits per heavy atom. The lowest BCUT2D eigenvalue weighted by Gasteiger charge is -2.42. The zero-order valence-electron chi connectivity index (χ0n) is 12.6. The molecule has 2 aliphatic carbocycles. The van der Waals surface area contributed by atoms with Crippen molar-refractivity contribution in [2.75, 3.05) is 6.61 Å². The molecule has 0 aromatic heterocycles. The van der Waals surface area contributed by atoms with Gasteiger partial charge in [0.05, 0.1) is 6.61 Å². The highest BCUT2D eigenvalue weighted by atomic mass is 16.5. The van der Waals surface area contributed by atoms with E-state index in [9.17, 15) is 0 Å². The lowest BCUT2D eigenvalue weighted by atomic mass is 9.63. The molecule has 20 heavy (non-hydrogen) atoms. The van der Waals surface area contributed by atoms with Crippen molar-refractivity contribution < 1.29 is 4.74 Å². The lowest BCUT2D eigenvalue weighted by Crippen LogP contribution is -2.33. The minimum atomic E-state index is 0.495. The summed E-state index contributed by atoms with van der Waals surface area (Å²) in [6.45, 7) is 7.69. The summed E-state index contributed by atoms with van der Waals surface area (Å²) >= 11 is 0. The van der Waals surface area contributed by atoms with Gasteiger partial charge in [-0.25, -0.2) is 0 Å². The highest BCUT2D eigenvalue weighted by molar-refractivity contribution is 5.21. The zero-order chi connectivity index (χ0) is 14.0. The van der Waals surface area contributed by atoms with Gasteiger partial charge in [0.25, 0.3) is 0 Å². The van der Waals surface area contributed by atoms with Gasteiger partial charge in [0.2, 0.25) is 0 Å². The highest BCUT2D eigenvalue weighted by Gasteiger charge is 2.48. The van der Waals surface area contributed by atoms with Crippen molar-refractivity contribution in [2.24, 2.45) is 17.3 Å². The van der Waals surface area contributed by atoms with Crippen LogP contribution < -0.4 is 4.74 Å². The molecule has 1 aromatic carbocycles. The Morgan fingerprint density at radius 2 is 2.05 bits per heavy atom. The van der Waals surface area contributed by atoms with Gasteiger partial charge < -0.3 is 4.74 Å². The van der Waals surface area contributed by atoms with E-state index in [1.807, 2.05) is 30.3 Å². The smallest absolute Gasteiger partial charge is 0.119 e. The van der Waals surface area contributed by atoms with Crippen LogP contribution in [0.3, 0.4) is 0 Å². The monoisotopic (exact) mass is 270 g/mol. The predicted octanol–water partition coefficient (Wildman–Crippen LogP) is 5.23. The van der Waals surface area contributed by atoms with Crippen LogP contribution in [-0.4, -0.2) is 6.61 Å². The first-order valence-corrected chi connectivity index (χ1v) is 8.05. The van der Waals surface area contributed by atoms with E-state index in [2.05, 4.69) is 13.5 Å². The maximum absolute atomic E-state index is 5.90. The summed E-state index contributed by atoms with van der Waals surface area (Å²) < 4.78 is 5.90. The molecule has 3 rings (SSSR count). The third-order valence-electron chi connectivity index (χ3n) is 5.72. The molecule has 1 nitrogen and oxygen atoms in total. The Bertz CT molecular complexity index is 464. The number of hydrogen-bond acceptors (Lipinski definition) is 1. The maximum atomic E-state index is 5.90. The summed E-state index contributed by atoms with van der Waals surface area (Å²) in [7, 11) is 0. The Labute approximate surface area is 123 Å². The van der Waals surface area contributed by atoms with Crippen molar-refractivity contribution in [1.82, 2.24) is 0 Å². The summed E-state index contributed by atoms with van der Waals surface area (Å²) in [6, 6.07) is 10.2. The average molecular weight is 270 g/mol. The molecule has 2 unspecified atom stereocenters. The molecule has 0 amide bonds. The second kappa shape index (κ2) is 5.63. The molecule has 2 saturated carbocycles. The maximum Gasteiger partial charge on any atom is 0.119 e. The van der Waals surface area contributed by atoms with E-state index >= 15 is 0 Å². The van der Waals surface area contributed by atoms with Gasteiger partial charge in [-0.2, -0.15) is 0 Å². The highest BCUT2D eigenvalue weighted by Crippen LogP contribution is 2.57. The number of para-hydroxylation sites is 1. The fraction of sp³-hybridized carbons (Fsp3) is 0.579. The molecule has 1 heteroatoms. The normalized spacial score (nSPS) is 33.0. The van der Waals surface area contributed by atoms with Gasteiger partial charge in [0.1, 0.15) is 5.75 Å². The van der Waals surface area contributed by atoms with Crippen molar-refractivity contribution in [1.29, 1.82) is 0 Å². The van der Waals surface area contributed by atoms with Crippen molar-refractivity contribution >= 4 is 0 Å². The van der Waals surface area contributed by atoms with Crippen LogP contribution in [0.25, 0.3) is 0 Å². The third-order valence-corrected chi connectivity index (χ3v) is 5.72. The molecule has 0 spiro atoms. The van der Waals surface area contributed by atoms with E-state index in [4.69, 9.17) is 4.74 Å². The van der Waals surface area contributed by atoms with Crippen molar-refractivity contribution in [3.63, 3.8) is 0 Å². The molecule has 2 aliphatic rings. The van der Waals surface area contributed by atoms with Gasteiger partial charge in [0.15, 0.2) is 0 Å². The first kappa shape index (κ1) is 13.7. The fourth-order valence-corrected chi connectivity index (χ4v) is 4.54. The number of rotatable bonds is 4. The second-order valence-corrected chi connectivity index (χ2v) is 6.79. The molecule has 3 atom stereocenters. The number of fused-ring (bicyclic) bond motifs is 1. The van der Waals surface area contributed by atoms with Crippen LogP contribution in [0.1, 0.15) is 45.4 Å². The third kappa shape index (κ3) is 2.51. The second-order valence-electron chi connectivity index (χ2n) is 6.79. The molecule has 0 N–H and O–H groups in total. The van der Waals surface area contributed by atoms with Gasteiger partial charge >= 0.3 is 0 Å². The topological polar surface area (TPSA) is 9.23 Å². The van der Waals surface area contributed by atoms with E-state index in [-0.39, 0.29) is 0 Å². The molecule has 2 fully saturated rings. The summed E-state index contributed by atoms with van der Waals surface area (Å²) in [6.07, 6.45) is 7.88. The van der Waals surface area contributed by atoms with E-state index in [1.165, 1.54) is 44.1 Å². The van der Waals surface area contributed by atoms with Crippen LogP contribution in [0.5, 0.6) is 5.75 Å². The number of allylic oxidation sites excluding steroid dienone is 1. The van der Waals surface area contributed by atoms with Crippen molar-refractivity contribution in [3.8, 4) is 5.75 Å². The predicted molar refractivity (Wildman–Crippen MR) is 83.9 cm³/mol. The van der Waals surface area contributed by atoms with Crippen LogP contribution in [0.2, 0.25) is 0 Å². The van der Waals surface area contributed by atoms with E-state index in [0.717, 1.165) is 24.2 Å². The fourth-order valence-electron chi connectivity index (χ4n) is 4.54. The SMILES string of the molecule is C=C1CCC[C@]2(C)C(CCOc3ccccc3)CCC12. The molecule has 0 heterocycles. The molecule has 0 bridgehead atoms. The van der Waals surface area contributed by atoms with Gasteiger partial charge in [0, 0.05) is 0 Å². The first-order chi connectivity index (χ1) is 9.70. The van der Waals surface area contributed by atoms with E-state index < -0.39 is 0 Å². The van der Waals surface area contributed by atoms with E-state index in [1.54, 1.807) is 0 Å². The minimum Gasteiger partial charge on any atom is -0.494 e. The lowest BCUT2D eigenvalue weighted by molar-refractivity contribution is 0.115. The van der Waals surface area contributed by atoms with Crippen molar-refractivity contribution in [3.05, 3.63) is 42.5 Å². The zero-order valence-corrected chi connectivity index (χ0v) is 12.6. The number of ether oxygens (including phenoxy) is 1. The Balaban J connectivity index is 1.57. The summed E-state index contributed by atoms with van der Waals surface area (Å²) in [4.78, 5) is 0. The van der Waals surface area contributed by atoms with Crippen LogP contribution in [0.4, 0.5) is 0 Å². The molecule has 0 aliphatic heterocycles. The molecule has 108 valence electrons. The molecule has 0 saturated heterocycles. The average Bonchev–Trinajstić information content (AvgIpc) is 2.79. The number of benzene rings is 1. The Kier molecular flexibility index (Phi) is 3.87. The van der Waals surface area contributed by atoms with Crippen LogP contribution in [-0.2, 0) is 0 Å². The summed E-state index contributed by atoms with van der Waals surface area (Å²) in [5.74, 6) is 2.59.